The average molecular weight is 712 g/mol. The van der Waals surface area contributed by atoms with Crippen molar-refractivity contribution in [3.05, 3.63) is 29.8 Å². The Bertz CT molecular complexity index is 1080. The van der Waals surface area contributed by atoms with Crippen LogP contribution >= 0.6 is 0 Å². The lowest BCUT2D eigenvalue weighted by Gasteiger charge is -2.37. The van der Waals surface area contributed by atoms with Crippen LogP contribution in [0.3, 0.4) is 0 Å². The molecule has 2 atom stereocenters. The molecule has 2 heterocycles. The molecule has 0 bridgehead atoms. The van der Waals surface area contributed by atoms with E-state index >= 15 is 0 Å². The number of morpholine rings is 1. The molecule has 0 aliphatic carbocycles. The fourth-order valence-electron chi connectivity index (χ4n) is 6.34. The third kappa shape index (κ3) is 22.1. The average Bonchev–Trinajstić information content (AvgIpc) is 3.53. The van der Waals surface area contributed by atoms with E-state index in [0.29, 0.717) is 19.6 Å². The van der Waals surface area contributed by atoms with Gasteiger partial charge in [0.05, 0.1) is 38.3 Å². The third-order valence-corrected chi connectivity index (χ3v) is 10.6. The monoisotopic (exact) mass is 711 g/mol. The number of nitrogens with zero attached hydrogens (tertiary/aromatic N) is 1. The lowest BCUT2D eigenvalue weighted by atomic mass is 10.0. The van der Waals surface area contributed by atoms with E-state index in [1.807, 2.05) is 6.92 Å². The fourth-order valence-corrected chi connectivity index (χ4v) is 6.81. The van der Waals surface area contributed by atoms with Crippen LogP contribution in [-0.2, 0) is 33.9 Å². The highest BCUT2D eigenvalue weighted by Crippen LogP contribution is 2.20. The Kier molecular flexibility index (Phi) is 23.4. The van der Waals surface area contributed by atoms with Gasteiger partial charge < -0.3 is 28.0 Å². The SMILES string of the molecule is CCCCCCCCCCCCCCCCCC1OCC(COC(=O)CCCCC[N+]2(C)CCOCC2)O1.Cc1ccc(S(=O)(=O)[O-])cc1. The van der Waals surface area contributed by atoms with Gasteiger partial charge in [-0.15, -0.1) is 0 Å². The molecule has 2 unspecified atom stereocenters. The Morgan fingerprint density at radius 1 is 0.816 bits per heavy atom. The Morgan fingerprint density at radius 2 is 1.35 bits per heavy atom. The summed E-state index contributed by atoms with van der Waals surface area (Å²) in [5, 5.41) is 0. The summed E-state index contributed by atoms with van der Waals surface area (Å²) in [5.74, 6) is -0.105. The molecule has 2 aliphatic rings. The van der Waals surface area contributed by atoms with Crippen LogP contribution < -0.4 is 0 Å². The molecule has 2 fully saturated rings. The van der Waals surface area contributed by atoms with E-state index in [0.717, 1.165) is 68.5 Å². The number of aryl methyl sites for hydroxylation is 1. The van der Waals surface area contributed by atoms with Crippen LogP contribution in [0.2, 0.25) is 0 Å². The highest BCUT2D eigenvalue weighted by molar-refractivity contribution is 7.85. The summed E-state index contributed by atoms with van der Waals surface area (Å²) in [6.07, 6.45) is 25.0. The van der Waals surface area contributed by atoms with Gasteiger partial charge in [0.1, 0.15) is 35.9 Å². The number of ether oxygens (including phenoxy) is 4. The molecule has 0 N–H and O–H groups in total. The second kappa shape index (κ2) is 26.2. The quantitative estimate of drug-likeness (QED) is 0.0430. The Morgan fingerprint density at radius 3 is 1.90 bits per heavy atom. The molecule has 1 aromatic rings. The summed E-state index contributed by atoms with van der Waals surface area (Å²) in [6, 6.07) is 5.78. The van der Waals surface area contributed by atoms with Crippen LogP contribution in [-0.4, -0.2) is 88.9 Å². The topological polar surface area (TPSA) is 111 Å². The van der Waals surface area contributed by atoms with Crippen LogP contribution in [0.4, 0.5) is 0 Å². The summed E-state index contributed by atoms with van der Waals surface area (Å²) >= 11 is 0. The van der Waals surface area contributed by atoms with Crippen molar-refractivity contribution >= 4 is 16.1 Å². The second-order valence-corrected chi connectivity index (χ2v) is 15.8. The minimum atomic E-state index is -4.27. The van der Waals surface area contributed by atoms with E-state index in [4.69, 9.17) is 18.9 Å². The van der Waals surface area contributed by atoms with Gasteiger partial charge in [-0.2, -0.15) is 0 Å². The third-order valence-electron chi connectivity index (χ3n) is 9.73. The van der Waals surface area contributed by atoms with Crippen molar-refractivity contribution in [2.24, 2.45) is 0 Å². The van der Waals surface area contributed by atoms with Gasteiger partial charge in [0, 0.05) is 6.42 Å². The van der Waals surface area contributed by atoms with Crippen molar-refractivity contribution in [3.8, 4) is 0 Å². The Labute approximate surface area is 299 Å². The van der Waals surface area contributed by atoms with E-state index in [1.165, 1.54) is 109 Å². The smallest absolute Gasteiger partial charge is 0.305 e. The fraction of sp³-hybridized carbons (Fsp3) is 0.821. The number of carbonyl (C=O) groups excluding carboxylic acids is 1. The Balaban J connectivity index is 0.000000639. The van der Waals surface area contributed by atoms with Gasteiger partial charge in [0.2, 0.25) is 0 Å². The van der Waals surface area contributed by atoms with E-state index < -0.39 is 10.1 Å². The zero-order chi connectivity index (χ0) is 35.6. The number of hydrogen-bond acceptors (Lipinski definition) is 8. The number of carbonyl (C=O) groups is 1. The van der Waals surface area contributed by atoms with E-state index in [9.17, 15) is 17.8 Å². The van der Waals surface area contributed by atoms with Gasteiger partial charge in [0.25, 0.3) is 0 Å². The first-order valence-electron chi connectivity index (χ1n) is 19.5. The predicted molar refractivity (Wildman–Crippen MR) is 194 cm³/mol. The first-order valence-corrected chi connectivity index (χ1v) is 20.9. The maximum atomic E-state index is 12.1. The van der Waals surface area contributed by atoms with Gasteiger partial charge in [-0.1, -0.05) is 115 Å². The molecule has 0 radical (unpaired) electrons. The largest absolute Gasteiger partial charge is 0.744 e. The van der Waals surface area contributed by atoms with Crippen molar-refractivity contribution in [2.45, 2.75) is 160 Å². The lowest BCUT2D eigenvalue weighted by Crippen LogP contribution is -2.52. The van der Waals surface area contributed by atoms with Gasteiger partial charge in [-0.25, -0.2) is 8.42 Å². The normalized spacial score (nSPS) is 18.9. The van der Waals surface area contributed by atoms with E-state index in [2.05, 4.69) is 14.0 Å². The van der Waals surface area contributed by atoms with Crippen molar-refractivity contribution in [3.63, 3.8) is 0 Å². The Hall–Kier alpha value is -1.56. The molecular weight excluding hydrogens is 642 g/mol. The minimum Gasteiger partial charge on any atom is -0.744 e. The molecule has 1 aromatic carbocycles. The van der Waals surface area contributed by atoms with Crippen LogP contribution in [0.25, 0.3) is 0 Å². The molecule has 2 saturated heterocycles. The number of unbranched alkanes of at least 4 members (excludes halogenated alkanes) is 16. The molecule has 0 spiro atoms. The zero-order valence-corrected chi connectivity index (χ0v) is 32.0. The van der Waals surface area contributed by atoms with Crippen LogP contribution in [0.15, 0.2) is 29.2 Å². The van der Waals surface area contributed by atoms with E-state index in [1.54, 1.807) is 12.1 Å². The van der Waals surface area contributed by atoms with Gasteiger partial charge in [-0.3, -0.25) is 4.79 Å². The lowest BCUT2D eigenvalue weighted by molar-refractivity contribution is -0.917. The van der Waals surface area contributed by atoms with Crippen molar-refractivity contribution in [1.82, 2.24) is 0 Å². The molecular formula is C39H69NO8S. The van der Waals surface area contributed by atoms with Crippen LogP contribution in [0.5, 0.6) is 0 Å². The van der Waals surface area contributed by atoms with Crippen LogP contribution in [0.1, 0.15) is 141 Å². The minimum absolute atomic E-state index is 0.105. The number of quaternary nitrogens is 1. The highest BCUT2D eigenvalue weighted by atomic mass is 32.2. The molecule has 10 heteroatoms. The van der Waals surface area contributed by atoms with Crippen molar-refractivity contribution in [1.29, 1.82) is 0 Å². The molecule has 0 aromatic heterocycles. The summed E-state index contributed by atoms with van der Waals surface area (Å²) in [5.41, 5.74) is 0.928. The molecule has 49 heavy (non-hydrogen) atoms. The van der Waals surface area contributed by atoms with Crippen LogP contribution in [0, 0.1) is 6.92 Å². The molecule has 9 nitrogen and oxygen atoms in total. The van der Waals surface area contributed by atoms with Gasteiger partial charge >= 0.3 is 5.97 Å². The van der Waals surface area contributed by atoms with Crippen molar-refractivity contribution in [2.75, 3.05) is 53.1 Å². The molecule has 0 amide bonds. The first kappa shape index (κ1) is 43.6. The van der Waals surface area contributed by atoms with E-state index in [-0.39, 0.29) is 23.3 Å². The standard InChI is InChI=1S/C32H62NO5.C7H8O3S/c1-3-4-5-6-7-8-9-10-11-12-13-14-15-16-19-22-32-37-29-30(38-32)28-36-31(34)21-18-17-20-23-33(2)24-26-35-27-25-33;1-6-2-4-7(5-3-6)11(8,9)10/h30,32H,3-29H2,1-2H3;2-5H,1H3,(H,8,9,10)/q+1;/p-1. The summed E-state index contributed by atoms with van der Waals surface area (Å²) in [4.78, 5) is 11.9. The molecule has 0 saturated carbocycles. The summed E-state index contributed by atoms with van der Waals surface area (Å²) in [6.45, 7) is 10.1. The number of hydrogen-bond donors (Lipinski definition) is 0. The van der Waals surface area contributed by atoms with Gasteiger partial charge in [-0.05, 0) is 51.2 Å². The zero-order valence-electron chi connectivity index (χ0n) is 31.2. The number of benzene rings is 1. The first-order chi connectivity index (χ1) is 23.6. The second-order valence-electron chi connectivity index (χ2n) is 14.4. The van der Waals surface area contributed by atoms with Crippen molar-refractivity contribution < 1.29 is 41.2 Å². The number of rotatable bonds is 25. The maximum absolute atomic E-state index is 12.1. The van der Waals surface area contributed by atoms with Gasteiger partial charge in [0.15, 0.2) is 6.29 Å². The number of esters is 1. The summed E-state index contributed by atoms with van der Waals surface area (Å²) in [7, 11) is -1.96. The summed E-state index contributed by atoms with van der Waals surface area (Å²) < 4.78 is 54.9. The molecule has 3 rings (SSSR count). The number of likely N-dealkylation sites (N-methyl/N-ethyl adjacent to an activating group) is 1. The molecule has 284 valence electrons. The highest BCUT2D eigenvalue weighted by Gasteiger charge is 2.27. The maximum Gasteiger partial charge on any atom is 0.305 e. The molecule has 2 aliphatic heterocycles. The predicted octanol–water partition coefficient (Wildman–Crippen LogP) is 8.47.